The summed E-state index contributed by atoms with van der Waals surface area (Å²) >= 11 is 0. The predicted octanol–water partition coefficient (Wildman–Crippen LogP) is 1.84. The molecule has 0 bridgehead atoms. The Bertz CT molecular complexity index is 480. The molecule has 0 radical (unpaired) electrons. The van der Waals surface area contributed by atoms with Gasteiger partial charge in [-0.2, -0.15) is 0 Å². The van der Waals surface area contributed by atoms with Crippen molar-refractivity contribution in [1.82, 2.24) is 0 Å². The van der Waals surface area contributed by atoms with Crippen molar-refractivity contribution in [1.29, 1.82) is 0 Å². The zero-order valence-electron chi connectivity index (χ0n) is 14.2. The van der Waals surface area contributed by atoms with E-state index in [4.69, 9.17) is 4.74 Å². The second-order valence-electron chi connectivity index (χ2n) is 7.93. The molecule has 22 heavy (non-hydrogen) atoms. The Morgan fingerprint density at radius 1 is 1.27 bits per heavy atom. The molecule has 0 saturated heterocycles. The normalized spacial score (nSPS) is 41.9. The minimum atomic E-state index is -1.23. The summed E-state index contributed by atoms with van der Waals surface area (Å²) < 4.78 is 5.44. The van der Waals surface area contributed by atoms with Crippen LogP contribution in [0.2, 0.25) is 0 Å². The molecule has 0 aromatic rings. The SMILES string of the molecule is CC(=O)O[C@@H]1C[C@H](C(C)=O)[C@@]2(O)C[C@H](C(C)(C)O)CC[C@@]12C. The van der Waals surface area contributed by atoms with E-state index in [9.17, 15) is 19.8 Å². The van der Waals surface area contributed by atoms with E-state index in [1.165, 1.54) is 13.8 Å². The summed E-state index contributed by atoms with van der Waals surface area (Å²) in [5.41, 5.74) is -2.78. The van der Waals surface area contributed by atoms with Gasteiger partial charge in [0.25, 0.3) is 0 Å². The van der Waals surface area contributed by atoms with Crippen LogP contribution in [-0.4, -0.2) is 39.3 Å². The highest BCUT2D eigenvalue weighted by atomic mass is 16.5. The molecule has 2 N–H and O–H groups in total. The Balaban J connectivity index is 2.39. The van der Waals surface area contributed by atoms with Crippen LogP contribution in [0.25, 0.3) is 0 Å². The van der Waals surface area contributed by atoms with Gasteiger partial charge in [0.2, 0.25) is 0 Å². The van der Waals surface area contributed by atoms with Crippen molar-refractivity contribution in [2.45, 2.75) is 77.6 Å². The van der Waals surface area contributed by atoms with Gasteiger partial charge in [-0.25, -0.2) is 0 Å². The van der Waals surface area contributed by atoms with Crippen molar-refractivity contribution in [2.24, 2.45) is 17.3 Å². The molecule has 0 heterocycles. The molecule has 126 valence electrons. The number of ketones is 1. The first-order valence-electron chi connectivity index (χ1n) is 8.04. The summed E-state index contributed by atoms with van der Waals surface area (Å²) in [6.07, 6.45) is 1.63. The monoisotopic (exact) mass is 312 g/mol. The van der Waals surface area contributed by atoms with E-state index in [1.807, 2.05) is 6.92 Å². The van der Waals surface area contributed by atoms with Crippen LogP contribution in [0.15, 0.2) is 0 Å². The van der Waals surface area contributed by atoms with Crippen molar-refractivity contribution in [3.63, 3.8) is 0 Å². The van der Waals surface area contributed by atoms with Crippen molar-refractivity contribution in [3.05, 3.63) is 0 Å². The first-order valence-corrected chi connectivity index (χ1v) is 8.04. The van der Waals surface area contributed by atoms with E-state index >= 15 is 0 Å². The molecule has 5 nitrogen and oxygen atoms in total. The van der Waals surface area contributed by atoms with E-state index in [1.54, 1.807) is 13.8 Å². The lowest BCUT2D eigenvalue weighted by atomic mass is 9.57. The number of rotatable bonds is 3. The smallest absolute Gasteiger partial charge is 0.302 e. The third kappa shape index (κ3) is 2.58. The lowest BCUT2D eigenvalue weighted by Gasteiger charge is -2.52. The number of ether oxygens (including phenoxy) is 1. The Hall–Kier alpha value is -0.940. The van der Waals surface area contributed by atoms with Crippen molar-refractivity contribution in [2.75, 3.05) is 0 Å². The zero-order chi connectivity index (χ0) is 16.9. The molecule has 2 rings (SSSR count). The molecular weight excluding hydrogens is 284 g/mol. The third-order valence-corrected chi connectivity index (χ3v) is 6.09. The lowest BCUT2D eigenvalue weighted by molar-refractivity contribution is -0.185. The van der Waals surface area contributed by atoms with Crippen LogP contribution < -0.4 is 0 Å². The highest BCUT2D eigenvalue weighted by Crippen LogP contribution is 2.61. The maximum atomic E-state index is 12.1. The molecule has 2 aliphatic carbocycles. The molecule has 0 amide bonds. The van der Waals surface area contributed by atoms with Gasteiger partial charge < -0.3 is 14.9 Å². The van der Waals surface area contributed by atoms with Gasteiger partial charge in [0.1, 0.15) is 11.9 Å². The predicted molar refractivity (Wildman–Crippen MR) is 81.0 cm³/mol. The average Bonchev–Trinajstić information content (AvgIpc) is 2.56. The topological polar surface area (TPSA) is 83.8 Å². The van der Waals surface area contributed by atoms with Crippen LogP contribution in [0.3, 0.4) is 0 Å². The number of hydrogen-bond donors (Lipinski definition) is 2. The molecular formula is C17H28O5. The molecule has 2 saturated carbocycles. The third-order valence-electron chi connectivity index (χ3n) is 6.09. The van der Waals surface area contributed by atoms with Crippen LogP contribution in [-0.2, 0) is 14.3 Å². The molecule has 0 aromatic heterocycles. The second-order valence-corrected chi connectivity index (χ2v) is 7.93. The number of hydrogen-bond acceptors (Lipinski definition) is 5. The standard InChI is InChI=1S/C17H28O5/c1-10(18)13-8-14(22-11(2)19)16(5)7-6-12(15(3,4)20)9-17(13,16)21/h12-14,20-21H,6-9H2,1-5H3/t12-,13-,14-,16+,17+/m1/s1. The number of fused-ring (bicyclic) bond motifs is 1. The molecule has 0 aromatic carbocycles. The van der Waals surface area contributed by atoms with E-state index in [2.05, 4.69) is 0 Å². The Kier molecular flexibility index (Phi) is 4.20. The van der Waals surface area contributed by atoms with Crippen LogP contribution in [0.5, 0.6) is 0 Å². The number of carbonyl (C=O) groups excluding carboxylic acids is 2. The minimum absolute atomic E-state index is 0.0801. The van der Waals surface area contributed by atoms with Crippen molar-refractivity contribution < 1.29 is 24.5 Å². The number of esters is 1. The van der Waals surface area contributed by atoms with Crippen molar-refractivity contribution >= 4 is 11.8 Å². The molecule has 5 heteroatoms. The van der Waals surface area contributed by atoms with Gasteiger partial charge in [-0.3, -0.25) is 9.59 Å². The molecule has 0 unspecified atom stereocenters. The minimum Gasteiger partial charge on any atom is -0.462 e. The maximum absolute atomic E-state index is 12.1. The molecule has 0 aliphatic heterocycles. The first-order chi connectivity index (χ1) is 9.92. The lowest BCUT2D eigenvalue weighted by Crippen LogP contribution is -2.57. The average molecular weight is 312 g/mol. The van der Waals surface area contributed by atoms with Gasteiger partial charge in [0.15, 0.2) is 0 Å². The van der Waals surface area contributed by atoms with E-state index in [0.29, 0.717) is 19.3 Å². The number of aliphatic hydroxyl groups is 2. The Morgan fingerprint density at radius 3 is 2.32 bits per heavy atom. The van der Waals surface area contributed by atoms with Crippen LogP contribution in [0.4, 0.5) is 0 Å². The fraction of sp³-hybridized carbons (Fsp3) is 0.882. The van der Waals surface area contributed by atoms with Gasteiger partial charge in [-0.15, -0.1) is 0 Å². The number of Topliss-reactive ketones (excluding diaryl/α,β-unsaturated/α-hetero) is 1. The van der Waals surface area contributed by atoms with Crippen molar-refractivity contribution in [3.8, 4) is 0 Å². The first kappa shape index (κ1) is 17.4. The fourth-order valence-corrected chi connectivity index (χ4v) is 4.53. The summed E-state index contributed by atoms with van der Waals surface area (Å²) in [7, 11) is 0. The van der Waals surface area contributed by atoms with Gasteiger partial charge >= 0.3 is 5.97 Å². The Labute approximate surface area is 132 Å². The fourth-order valence-electron chi connectivity index (χ4n) is 4.53. The van der Waals surface area contributed by atoms with Gasteiger partial charge in [-0.05, 0) is 52.4 Å². The van der Waals surface area contributed by atoms with Crippen LogP contribution in [0, 0.1) is 17.3 Å². The van der Waals surface area contributed by atoms with Gasteiger partial charge in [0, 0.05) is 12.3 Å². The summed E-state index contributed by atoms with van der Waals surface area (Å²) in [6.45, 7) is 8.22. The quantitative estimate of drug-likeness (QED) is 0.777. The molecule has 2 aliphatic rings. The second kappa shape index (κ2) is 5.31. The summed E-state index contributed by atoms with van der Waals surface area (Å²) in [4.78, 5) is 23.5. The van der Waals surface area contributed by atoms with Crippen LogP contribution in [0.1, 0.15) is 60.3 Å². The Morgan fingerprint density at radius 2 is 1.86 bits per heavy atom. The van der Waals surface area contributed by atoms with Crippen LogP contribution >= 0.6 is 0 Å². The summed E-state index contributed by atoms with van der Waals surface area (Å²) in [5, 5.41) is 21.7. The summed E-state index contributed by atoms with van der Waals surface area (Å²) in [6, 6.07) is 0. The van der Waals surface area contributed by atoms with E-state index < -0.39 is 28.6 Å². The molecule has 2 fully saturated rings. The molecule has 5 atom stereocenters. The van der Waals surface area contributed by atoms with Gasteiger partial charge in [0.05, 0.1) is 17.1 Å². The summed E-state index contributed by atoms with van der Waals surface area (Å²) in [5.74, 6) is -1.10. The van der Waals surface area contributed by atoms with E-state index in [0.717, 1.165) is 6.42 Å². The van der Waals surface area contributed by atoms with Gasteiger partial charge in [-0.1, -0.05) is 6.92 Å². The number of carbonyl (C=O) groups is 2. The molecule has 0 spiro atoms. The van der Waals surface area contributed by atoms with E-state index in [-0.39, 0.29) is 17.7 Å². The zero-order valence-corrected chi connectivity index (χ0v) is 14.2. The highest BCUT2D eigenvalue weighted by Gasteiger charge is 2.67. The largest absolute Gasteiger partial charge is 0.462 e. The maximum Gasteiger partial charge on any atom is 0.302 e. The highest BCUT2D eigenvalue weighted by molar-refractivity contribution is 5.80.